The number of hydrogen-bond acceptors (Lipinski definition) is 2. The first-order chi connectivity index (χ1) is 10.3. The molecule has 0 aliphatic carbocycles. The third kappa shape index (κ3) is 2.52. The number of carbonyl (C=O) groups excluding carboxylic acids is 1. The molecule has 3 aromatic carbocycles. The molecule has 3 rings (SSSR count). The Bertz CT molecular complexity index is 785. The molecule has 2 nitrogen and oxygen atoms in total. The van der Waals surface area contributed by atoms with Crippen molar-refractivity contribution in [3.63, 3.8) is 0 Å². The predicted octanol–water partition coefficient (Wildman–Crippen LogP) is 4.49. The number of rotatable bonds is 4. The summed E-state index contributed by atoms with van der Waals surface area (Å²) in [7, 11) is 0. The molecular formula is C19H16O2. The zero-order chi connectivity index (χ0) is 14.7. The molecule has 0 amide bonds. The van der Waals surface area contributed by atoms with Gasteiger partial charge in [0.05, 0.1) is 0 Å². The minimum absolute atomic E-state index is 0.313. The first kappa shape index (κ1) is 13.4. The zero-order valence-electron chi connectivity index (χ0n) is 11.9. The maximum atomic E-state index is 10.4. The molecule has 0 saturated heterocycles. The first-order valence-corrected chi connectivity index (χ1v) is 6.93. The molecule has 0 N–H and O–H groups in total. The first-order valence-electron chi connectivity index (χ1n) is 6.93. The summed E-state index contributed by atoms with van der Waals surface area (Å²) in [6.45, 7) is 2.87. The number of benzene rings is 3. The van der Waals surface area contributed by atoms with Crippen molar-refractivity contribution in [2.24, 2.45) is 0 Å². The Labute approximate surface area is 124 Å². The van der Waals surface area contributed by atoms with E-state index in [9.17, 15) is 4.79 Å². The van der Waals surface area contributed by atoms with Crippen molar-refractivity contribution >= 4 is 17.2 Å². The largest absolute Gasteiger partial charge is 0.463 e. The van der Waals surface area contributed by atoms with Crippen molar-refractivity contribution in [2.75, 3.05) is 0 Å². The van der Waals surface area contributed by atoms with Crippen molar-refractivity contribution in [3.8, 4) is 11.1 Å². The van der Waals surface area contributed by atoms with E-state index in [0.717, 1.165) is 11.1 Å². The molecule has 0 unspecified atom stereocenters. The minimum Gasteiger partial charge on any atom is -0.463 e. The highest BCUT2D eigenvalue weighted by Gasteiger charge is 2.09. The van der Waals surface area contributed by atoms with Crippen LogP contribution in [0.5, 0.6) is 0 Å². The lowest BCUT2D eigenvalue weighted by Crippen LogP contribution is -1.96. The normalized spacial score (nSPS) is 10.5. The van der Waals surface area contributed by atoms with Crippen LogP contribution in [0.15, 0.2) is 60.7 Å². The van der Waals surface area contributed by atoms with Crippen LogP contribution in [0, 0.1) is 6.92 Å². The van der Waals surface area contributed by atoms with Crippen LogP contribution in [0.2, 0.25) is 0 Å². The van der Waals surface area contributed by atoms with Gasteiger partial charge in [-0.1, -0.05) is 60.7 Å². The lowest BCUT2D eigenvalue weighted by Gasteiger charge is -2.13. The van der Waals surface area contributed by atoms with Gasteiger partial charge in [0.1, 0.15) is 6.61 Å². The SMILES string of the molecule is Cc1c(COC=O)cccc1-c1cccc2ccccc12. The van der Waals surface area contributed by atoms with Crippen molar-refractivity contribution in [2.45, 2.75) is 13.5 Å². The van der Waals surface area contributed by atoms with Gasteiger partial charge < -0.3 is 4.74 Å². The van der Waals surface area contributed by atoms with Gasteiger partial charge in [-0.3, -0.25) is 4.79 Å². The summed E-state index contributed by atoms with van der Waals surface area (Å²) in [6, 6.07) is 20.8. The molecule has 3 aromatic rings. The lowest BCUT2D eigenvalue weighted by molar-refractivity contribution is -0.129. The van der Waals surface area contributed by atoms with Crippen LogP contribution in [0.25, 0.3) is 21.9 Å². The third-order valence-electron chi connectivity index (χ3n) is 3.83. The molecule has 0 spiro atoms. The summed E-state index contributed by atoms with van der Waals surface area (Å²) in [4.78, 5) is 10.4. The van der Waals surface area contributed by atoms with Crippen LogP contribution in [0.1, 0.15) is 11.1 Å². The Kier molecular flexibility index (Phi) is 3.69. The molecule has 0 radical (unpaired) electrons. The Morgan fingerprint density at radius 1 is 0.905 bits per heavy atom. The molecule has 0 aliphatic rings. The van der Waals surface area contributed by atoms with E-state index >= 15 is 0 Å². The molecular weight excluding hydrogens is 260 g/mol. The molecule has 0 saturated carbocycles. The van der Waals surface area contributed by atoms with Crippen molar-refractivity contribution in [3.05, 3.63) is 71.8 Å². The molecule has 0 fully saturated rings. The average molecular weight is 276 g/mol. The van der Waals surface area contributed by atoms with Gasteiger partial charge in [-0.2, -0.15) is 0 Å². The average Bonchev–Trinajstić information content (AvgIpc) is 2.53. The summed E-state index contributed by atoms with van der Waals surface area (Å²) in [5.41, 5.74) is 4.57. The molecule has 21 heavy (non-hydrogen) atoms. The van der Waals surface area contributed by atoms with Gasteiger partial charge in [-0.15, -0.1) is 0 Å². The van der Waals surface area contributed by atoms with Gasteiger partial charge in [0.2, 0.25) is 0 Å². The van der Waals surface area contributed by atoms with Gasteiger partial charge in [0.15, 0.2) is 0 Å². The number of carbonyl (C=O) groups is 1. The number of hydrogen-bond donors (Lipinski definition) is 0. The molecule has 0 aliphatic heterocycles. The van der Waals surface area contributed by atoms with Crippen LogP contribution < -0.4 is 0 Å². The maximum Gasteiger partial charge on any atom is 0.293 e. The smallest absolute Gasteiger partial charge is 0.293 e. The van der Waals surface area contributed by atoms with E-state index in [1.54, 1.807) is 0 Å². The second-order valence-corrected chi connectivity index (χ2v) is 5.02. The van der Waals surface area contributed by atoms with E-state index in [4.69, 9.17) is 4.74 Å². The molecule has 0 atom stereocenters. The van der Waals surface area contributed by atoms with Gasteiger partial charge in [0, 0.05) is 0 Å². The Morgan fingerprint density at radius 3 is 2.48 bits per heavy atom. The predicted molar refractivity (Wildman–Crippen MR) is 85.0 cm³/mol. The Hall–Kier alpha value is -2.61. The molecule has 0 aromatic heterocycles. The van der Waals surface area contributed by atoms with E-state index in [2.05, 4.69) is 49.4 Å². The zero-order valence-corrected chi connectivity index (χ0v) is 11.9. The standard InChI is InChI=1S/C19H16O2/c1-14-16(12-21-13-20)8-5-10-17(14)19-11-4-7-15-6-2-3-9-18(15)19/h2-11,13H,12H2,1H3. The van der Waals surface area contributed by atoms with Crippen LogP contribution in [-0.4, -0.2) is 6.47 Å². The molecule has 2 heteroatoms. The Morgan fingerprint density at radius 2 is 1.62 bits per heavy atom. The quantitative estimate of drug-likeness (QED) is 0.656. The topological polar surface area (TPSA) is 26.3 Å². The fraction of sp³-hybridized carbons (Fsp3) is 0.105. The van der Waals surface area contributed by atoms with Gasteiger partial charge in [0.25, 0.3) is 6.47 Å². The van der Waals surface area contributed by atoms with Crippen LogP contribution >= 0.6 is 0 Å². The Balaban J connectivity index is 2.17. The minimum atomic E-state index is 0.313. The van der Waals surface area contributed by atoms with Crippen LogP contribution in [0.4, 0.5) is 0 Å². The fourth-order valence-electron chi connectivity index (χ4n) is 2.72. The van der Waals surface area contributed by atoms with E-state index in [1.165, 1.54) is 21.9 Å². The number of ether oxygens (including phenoxy) is 1. The highest BCUT2D eigenvalue weighted by Crippen LogP contribution is 2.32. The highest BCUT2D eigenvalue weighted by atomic mass is 16.5. The summed E-state index contributed by atoms with van der Waals surface area (Å²) in [5, 5.41) is 2.46. The number of fused-ring (bicyclic) bond motifs is 1. The van der Waals surface area contributed by atoms with Crippen LogP contribution in [0.3, 0.4) is 0 Å². The lowest BCUT2D eigenvalue weighted by atomic mass is 9.93. The third-order valence-corrected chi connectivity index (χ3v) is 3.83. The summed E-state index contributed by atoms with van der Waals surface area (Å²) >= 11 is 0. The maximum absolute atomic E-state index is 10.4. The van der Waals surface area contributed by atoms with E-state index in [0.29, 0.717) is 13.1 Å². The highest BCUT2D eigenvalue weighted by molar-refractivity contribution is 5.97. The van der Waals surface area contributed by atoms with Gasteiger partial charge in [-0.05, 0) is 39.9 Å². The van der Waals surface area contributed by atoms with Crippen molar-refractivity contribution in [1.29, 1.82) is 0 Å². The monoisotopic (exact) mass is 276 g/mol. The molecule has 104 valence electrons. The summed E-state index contributed by atoms with van der Waals surface area (Å²) in [6.07, 6.45) is 0. The molecule has 0 bridgehead atoms. The second kappa shape index (κ2) is 5.80. The second-order valence-electron chi connectivity index (χ2n) is 5.02. The fourth-order valence-corrected chi connectivity index (χ4v) is 2.72. The van der Waals surface area contributed by atoms with Gasteiger partial charge >= 0.3 is 0 Å². The summed E-state index contributed by atoms with van der Waals surface area (Å²) in [5.74, 6) is 0. The van der Waals surface area contributed by atoms with E-state index in [1.807, 2.05) is 18.2 Å². The van der Waals surface area contributed by atoms with Crippen molar-refractivity contribution < 1.29 is 9.53 Å². The van der Waals surface area contributed by atoms with Crippen LogP contribution in [-0.2, 0) is 16.1 Å². The van der Waals surface area contributed by atoms with E-state index < -0.39 is 0 Å². The van der Waals surface area contributed by atoms with Crippen molar-refractivity contribution in [1.82, 2.24) is 0 Å². The summed E-state index contributed by atoms with van der Waals surface area (Å²) < 4.78 is 4.90. The van der Waals surface area contributed by atoms with Gasteiger partial charge in [-0.25, -0.2) is 0 Å². The molecule has 0 heterocycles. The van der Waals surface area contributed by atoms with E-state index in [-0.39, 0.29) is 0 Å².